The fraction of sp³-hybridized carbons (Fsp3) is 0.240. The van der Waals surface area contributed by atoms with Crippen LogP contribution in [0.5, 0.6) is 5.75 Å². The average Bonchev–Trinajstić information content (AvgIpc) is 2.74. The van der Waals surface area contributed by atoms with E-state index in [1.165, 1.54) is 18.5 Å². The van der Waals surface area contributed by atoms with Crippen molar-refractivity contribution < 1.29 is 22.7 Å². The van der Waals surface area contributed by atoms with Crippen LogP contribution >= 0.6 is 0 Å². The van der Waals surface area contributed by atoms with Gasteiger partial charge < -0.3 is 13.9 Å². The quantitative estimate of drug-likeness (QED) is 0.306. The first-order valence-electron chi connectivity index (χ1n) is 10.3. The number of rotatable bonds is 4. The average molecular weight is 452 g/mol. The second-order valence-corrected chi connectivity index (χ2v) is 8.24. The molecule has 0 saturated heterocycles. The van der Waals surface area contributed by atoms with Crippen LogP contribution in [0.25, 0.3) is 16.7 Å². The zero-order valence-corrected chi connectivity index (χ0v) is 18.4. The van der Waals surface area contributed by atoms with Gasteiger partial charge in [-0.25, -0.2) is 23.6 Å². The SMILES string of the molecule is C=C(/N=C\N=C(/C)O[C@H]1Cc2cc3ccc(=O)oc3cc2OC1(C)C)c1ccc(F)c(F)c1. The minimum absolute atomic E-state index is 0.235. The number of hydrogen-bond donors (Lipinski definition) is 0. The Morgan fingerprint density at radius 1 is 1.18 bits per heavy atom. The van der Waals surface area contributed by atoms with E-state index in [-0.39, 0.29) is 11.8 Å². The Hall–Kier alpha value is -3.81. The lowest BCUT2D eigenvalue weighted by molar-refractivity contribution is -0.0334. The standard InChI is InChI=1S/C25H22F2N2O4/c1-14(16-5-7-19(26)20(27)10-16)28-13-29-15(2)31-23-11-18-9-17-6-8-24(30)32-21(17)12-22(18)33-25(23,3)4/h5-10,12-13,23H,1,11H2,2-4H3/b28-13-,29-15+/t23-/m0/s1. The Balaban J connectivity index is 1.48. The first-order valence-corrected chi connectivity index (χ1v) is 10.3. The third-order valence-electron chi connectivity index (χ3n) is 5.37. The molecule has 0 amide bonds. The van der Waals surface area contributed by atoms with Crippen LogP contribution in [0.2, 0.25) is 0 Å². The number of aliphatic imine (C=N–C) groups is 2. The highest BCUT2D eigenvalue weighted by Gasteiger charge is 2.39. The van der Waals surface area contributed by atoms with Crippen molar-refractivity contribution in [3.8, 4) is 5.75 Å². The van der Waals surface area contributed by atoms with E-state index in [0.717, 1.165) is 23.1 Å². The number of ether oxygens (including phenoxy) is 2. The van der Waals surface area contributed by atoms with E-state index in [1.54, 1.807) is 19.1 Å². The first-order chi connectivity index (χ1) is 15.6. The molecule has 0 N–H and O–H groups in total. The van der Waals surface area contributed by atoms with Crippen LogP contribution in [0.3, 0.4) is 0 Å². The number of fused-ring (bicyclic) bond motifs is 2. The van der Waals surface area contributed by atoms with Crippen molar-refractivity contribution in [3.63, 3.8) is 0 Å². The second-order valence-electron chi connectivity index (χ2n) is 8.24. The minimum Gasteiger partial charge on any atom is -0.484 e. The fourth-order valence-electron chi connectivity index (χ4n) is 3.54. The van der Waals surface area contributed by atoms with Crippen molar-refractivity contribution in [1.29, 1.82) is 0 Å². The summed E-state index contributed by atoms with van der Waals surface area (Å²) in [7, 11) is 0. The van der Waals surface area contributed by atoms with Crippen LogP contribution in [0, 0.1) is 11.6 Å². The summed E-state index contributed by atoms with van der Waals surface area (Å²) in [6.07, 6.45) is 1.46. The van der Waals surface area contributed by atoms with E-state index >= 15 is 0 Å². The van der Waals surface area contributed by atoms with Crippen LogP contribution in [-0.2, 0) is 11.2 Å². The molecule has 0 unspecified atom stereocenters. The normalized spacial score (nSPS) is 17.6. The molecule has 0 spiro atoms. The molecule has 2 heterocycles. The van der Waals surface area contributed by atoms with Crippen molar-refractivity contribution in [2.24, 2.45) is 9.98 Å². The second kappa shape index (κ2) is 8.61. The molecule has 8 heteroatoms. The summed E-state index contributed by atoms with van der Waals surface area (Å²) in [6.45, 7) is 9.23. The maximum atomic E-state index is 13.4. The lowest BCUT2D eigenvalue weighted by Gasteiger charge is -2.39. The molecule has 1 atom stereocenters. The molecule has 1 aliphatic heterocycles. The number of benzene rings is 2. The van der Waals surface area contributed by atoms with E-state index in [0.29, 0.717) is 29.2 Å². The molecule has 0 bridgehead atoms. The molecule has 170 valence electrons. The smallest absolute Gasteiger partial charge is 0.336 e. The fourth-order valence-corrected chi connectivity index (χ4v) is 3.54. The van der Waals surface area contributed by atoms with E-state index in [1.807, 2.05) is 19.9 Å². The van der Waals surface area contributed by atoms with Crippen molar-refractivity contribution in [2.45, 2.75) is 38.9 Å². The molecule has 3 aromatic rings. The van der Waals surface area contributed by atoms with Gasteiger partial charge in [-0.2, -0.15) is 0 Å². The molecular formula is C25H22F2N2O4. The Kier molecular flexibility index (Phi) is 5.84. The zero-order chi connectivity index (χ0) is 23.8. The van der Waals surface area contributed by atoms with Gasteiger partial charge in [0.1, 0.15) is 29.4 Å². The highest BCUT2D eigenvalue weighted by molar-refractivity contribution is 5.84. The summed E-state index contributed by atoms with van der Waals surface area (Å²) < 4.78 is 43.9. The molecular weight excluding hydrogens is 430 g/mol. The van der Waals surface area contributed by atoms with Gasteiger partial charge in [-0.15, -0.1) is 0 Å². The molecule has 0 aliphatic carbocycles. The van der Waals surface area contributed by atoms with Crippen LogP contribution in [0.1, 0.15) is 31.9 Å². The Morgan fingerprint density at radius 2 is 1.97 bits per heavy atom. The predicted octanol–water partition coefficient (Wildman–Crippen LogP) is 5.29. The van der Waals surface area contributed by atoms with Crippen LogP contribution in [0.4, 0.5) is 8.78 Å². The third-order valence-corrected chi connectivity index (χ3v) is 5.37. The molecule has 33 heavy (non-hydrogen) atoms. The van der Waals surface area contributed by atoms with E-state index in [4.69, 9.17) is 13.9 Å². The molecule has 1 aliphatic rings. The third kappa shape index (κ3) is 4.84. The Morgan fingerprint density at radius 3 is 2.73 bits per heavy atom. The summed E-state index contributed by atoms with van der Waals surface area (Å²) in [5, 5.41) is 0.795. The maximum Gasteiger partial charge on any atom is 0.336 e. The van der Waals surface area contributed by atoms with Gasteiger partial charge in [0.05, 0.1) is 5.70 Å². The first kappa shape index (κ1) is 22.4. The summed E-state index contributed by atoms with van der Waals surface area (Å²) in [5.41, 5.74) is 0.874. The lowest BCUT2D eigenvalue weighted by Crippen LogP contribution is -2.48. The monoisotopic (exact) mass is 452 g/mol. The van der Waals surface area contributed by atoms with E-state index in [2.05, 4.69) is 16.6 Å². The molecule has 6 nitrogen and oxygen atoms in total. The number of halogens is 2. The van der Waals surface area contributed by atoms with Crippen molar-refractivity contribution >= 4 is 28.9 Å². The summed E-state index contributed by atoms with van der Waals surface area (Å²) >= 11 is 0. The largest absolute Gasteiger partial charge is 0.484 e. The van der Waals surface area contributed by atoms with Gasteiger partial charge in [-0.05, 0) is 49.7 Å². The van der Waals surface area contributed by atoms with Crippen molar-refractivity contribution in [3.05, 3.63) is 82.2 Å². The van der Waals surface area contributed by atoms with Gasteiger partial charge in [-0.3, -0.25) is 0 Å². The molecule has 0 saturated carbocycles. The highest BCUT2D eigenvalue weighted by Crippen LogP contribution is 2.37. The summed E-state index contributed by atoms with van der Waals surface area (Å²) in [5.74, 6) is -0.912. The number of hydrogen-bond acceptors (Lipinski definition) is 5. The Labute approximate surface area is 188 Å². The van der Waals surface area contributed by atoms with Gasteiger partial charge in [-0.1, -0.05) is 6.58 Å². The Bertz CT molecular complexity index is 1360. The maximum absolute atomic E-state index is 13.4. The minimum atomic E-state index is -0.971. The summed E-state index contributed by atoms with van der Waals surface area (Å²) in [4.78, 5) is 19.7. The highest BCUT2D eigenvalue weighted by atomic mass is 19.2. The molecule has 0 radical (unpaired) electrons. The molecule has 4 rings (SSSR count). The van der Waals surface area contributed by atoms with Gasteiger partial charge in [0.25, 0.3) is 0 Å². The van der Waals surface area contributed by atoms with Gasteiger partial charge >= 0.3 is 5.63 Å². The van der Waals surface area contributed by atoms with Crippen LogP contribution < -0.4 is 10.4 Å². The van der Waals surface area contributed by atoms with Crippen molar-refractivity contribution in [2.75, 3.05) is 0 Å². The number of nitrogens with zero attached hydrogens (tertiary/aromatic N) is 2. The van der Waals surface area contributed by atoms with Gasteiger partial charge in [0, 0.05) is 36.4 Å². The van der Waals surface area contributed by atoms with Crippen LogP contribution in [-0.4, -0.2) is 23.9 Å². The van der Waals surface area contributed by atoms with Gasteiger partial charge in [0.15, 0.2) is 17.5 Å². The molecule has 0 fully saturated rings. The zero-order valence-electron chi connectivity index (χ0n) is 18.4. The van der Waals surface area contributed by atoms with E-state index < -0.39 is 22.9 Å². The van der Waals surface area contributed by atoms with E-state index in [9.17, 15) is 13.6 Å². The predicted molar refractivity (Wildman–Crippen MR) is 123 cm³/mol. The van der Waals surface area contributed by atoms with Gasteiger partial charge in [0.2, 0.25) is 0 Å². The molecule has 2 aromatic carbocycles. The lowest BCUT2D eigenvalue weighted by atomic mass is 9.90. The summed E-state index contributed by atoms with van der Waals surface area (Å²) in [6, 6.07) is 10.2. The van der Waals surface area contributed by atoms with Crippen LogP contribution in [0.15, 0.2) is 68.2 Å². The van der Waals surface area contributed by atoms with Crippen molar-refractivity contribution in [1.82, 2.24) is 0 Å². The molecule has 1 aromatic heterocycles. The topological polar surface area (TPSA) is 73.4 Å².